The van der Waals surface area contributed by atoms with Crippen molar-refractivity contribution in [1.29, 1.82) is 0 Å². The second-order valence-corrected chi connectivity index (χ2v) is 9.23. The second-order valence-electron chi connectivity index (χ2n) is 8.14. The zero-order valence-corrected chi connectivity index (χ0v) is 18.2. The quantitative estimate of drug-likeness (QED) is 0.460. The van der Waals surface area contributed by atoms with Crippen LogP contribution in [0.1, 0.15) is 31.2 Å². The highest BCUT2D eigenvalue weighted by Crippen LogP contribution is 2.48. The van der Waals surface area contributed by atoms with Crippen molar-refractivity contribution in [3.05, 3.63) is 84.2 Å². The van der Waals surface area contributed by atoms with Gasteiger partial charge in [0.1, 0.15) is 5.82 Å². The maximum Gasteiger partial charge on any atom is 0.317 e. The lowest BCUT2D eigenvalue weighted by molar-refractivity contribution is -0.153. The molecule has 1 aliphatic carbocycles. The summed E-state index contributed by atoms with van der Waals surface area (Å²) < 4.78 is 19.5. The molecule has 0 atom stereocenters. The van der Waals surface area contributed by atoms with Gasteiger partial charge in [0.15, 0.2) is 6.61 Å². The summed E-state index contributed by atoms with van der Waals surface area (Å²) in [6, 6.07) is 21.5. The number of esters is 1. The van der Waals surface area contributed by atoms with Crippen LogP contribution in [0.4, 0.5) is 15.8 Å². The first kappa shape index (κ1) is 20.8. The number of carbonyl (C=O) groups is 2. The minimum atomic E-state index is -0.893. The molecule has 1 aliphatic heterocycles. The third-order valence-electron chi connectivity index (χ3n) is 6.23. The summed E-state index contributed by atoms with van der Waals surface area (Å²) in [5.74, 6) is -1.15. The molecular weight excluding hydrogens is 425 g/mol. The molecule has 0 N–H and O–H groups in total. The van der Waals surface area contributed by atoms with Crippen LogP contribution in [0.15, 0.2) is 82.6 Å². The van der Waals surface area contributed by atoms with Crippen LogP contribution in [0.3, 0.4) is 0 Å². The average molecular weight is 448 g/mol. The van der Waals surface area contributed by atoms with Gasteiger partial charge >= 0.3 is 5.97 Å². The Labute approximate surface area is 190 Å². The fourth-order valence-electron chi connectivity index (χ4n) is 4.68. The molecule has 1 saturated carbocycles. The van der Waals surface area contributed by atoms with Gasteiger partial charge in [-0.1, -0.05) is 61.0 Å². The number of ether oxygens (including phenoxy) is 1. The highest BCUT2D eigenvalue weighted by atomic mass is 32.2. The van der Waals surface area contributed by atoms with E-state index in [0.717, 1.165) is 34.0 Å². The average Bonchev–Trinajstić information content (AvgIpc) is 3.32. The molecule has 5 rings (SSSR count). The van der Waals surface area contributed by atoms with Crippen molar-refractivity contribution in [3.63, 3.8) is 0 Å². The zero-order valence-electron chi connectivity index (χ0n) is 17.4. The number of fused-ring (bicyclic) bond motifs is 2. The van der Waals surface area contributed by atoms with Gasteiger partial charge in [-0.15, -0.1) is 0 Å². The maximum atomic E-state index is 13.9. The Morgan fingerprint density at radius 2 is 1.53 bits per heavy atom. The molecule has 0 unspecified atom stereocenters. The molecule has 1 fully saturated rings. The van der Waals surface area contributed by atoms with Crippen LogP contribution in [0.5, 0.6) is 0 Å². The minimum absolute atomic E-state index is 0.314. The number of rotatable bonds is 4. The maximum absolute atomic E-state index is 13.9. The van der Waals surface area contributed by atoms with Crippen molar-refractivity contribution < 1.29 is 18.7 Å². The summed E-state index contributed by atoms with van der Waals surface area (Å²) >= 11 is 1.61. The van der Waals surface area contributed by atoms with Crippen LogP contribution < -0.4 is 4.90 Å². The summed E-state index contributed by atoms with van der Waals surface area (Å²) in [4.78, 5) is 30.1. The molecule has 0 saturated heterocycles. The van der Waals surface area contributed by atoms with E-state index in [9.17, 15) is 14.0 Å². The number of para-hydroxylation sites is 2. The number of hydrogen-bond acceptors (Lipinski definition) is 4. The predicted octanol–water partition coefficient (Wildman–Crippen LogP) is 6.01. The van der Waals surface area contributed by atoms with Gasteiger partial charge in [-0.3, -0.25) is 14.5 Å². The van der Waals surface area contributed by atoms with E-state index in [1.165, 1.54) is 12.1 Å². The van der Waals surface area contributed by atoms with E-state index in [-0.39, 0.29) is 18.3 Å². The molecule has 3 aromatic carbocycles. The standard InChI is InChI=1S/C26H22FNO3S/c27-19-9-7-8-18(16-19)26(14-5-6-15-26)25(30)31-17-24(29)28-20-10-1-3-12-22(20)32-23-13-4-2-11-21(23)28/h1-4,7-13,16H,5-6,14-15,17H2. The summed E-state index contributed by atoms with van der Waals surface area (Å²) in [5, 5.41) is 0. The van der Waals surface area contributed by atoms with Crippen LogP contribution in [0.25, 0.3) is 0 Å². The molecule has 3 aromatic rings. The van der Waals surface area contributed by atoms with Crippen LogP contribution in [-0.2, 0) is 19.7 Å². The number of hydrogen-bond donors (Lipinski definition) is 0. The minimum Gasteiger partial charge on any atom is -0.455 e. The fourth-order valence-corrected chi connectivity index (χ4v) is 5.74. The smallest absolute Gasteiger partial charge is 0.317 e. The van der Waals surface area contributed by atoms with E-state index in [4.69, 9.17) is 4.74 Å². The molecule has 2 aliphatic rings. The Hall–Kier alpha value is -3.12. The number of carbonyl (C=O) groups excluding carboxylic acids is 2. The molecular formula is C26H22FNO3S. The van der Waals surface area contributed by atoms with Crippen LogP contribution in [-0.4, -0.2) is 18.5 Å². The molecule has 6 heteroatoms. The van der Waals surface area contributed by atoms with E-state index >= 15 is 0 Å². The van der Waals surface area contributed by atoms with Crippen molar-refractivity contribution >= 4 is 35.0 Å². The van der Waals surface area contributed by atoms with Crippen molar-refractivity contribution in [1.82, 2.24) is 0 Å². The molecule has 1 heterocycles. The Bertz CT molecular complexity index is 1140. The Morgan fingerprint density at radius 1 is 0.906 bits per heavy atom. The van der Waals surface area contributed by atoms with Gasteiger partial charge in [-0.2, -0.15) is 0 Å². The molecule has 0 bridgehead atoms. The molecule has 0 aromatic heterocycles. The Morgan fingerprint density at radius 3 is 2.16 bits per heavy atom. The van der Waals surface area contributed by atoms with Crippen LogP contribution in [0, 0.1) is 5.82 Å². The number of anilines is 2. The summed E-state index contributed by atoms with van der Waals surface area (Å²) in [5.41, 5.74) is 1.28. The topological polar surface area (TPSA) is 46.6 Å². The van der Waals surface area contributed by atoms with E-state index in [1.54, 1.807) is 28.8 Å². The third kappa shape index (κ3) is 3.58. The van der Waals surface area contributed by atoms with Gasteiger partial charge < -0.3 is 4.74 Å². The largest absolute Gasteiger partial charge is 0.455 e. The van der Waals surface area contributed by atoms with E-state index in [1.807, 2.05) is 48.5 Å². The van der Waals surface area contributed by atoms with Gasteiger partial charge in [0.2, 0.25) is 0 Å². The molecule has 162 valence electrons. The highest BCUT2D eigenvalue weighted by Gasteiger charge is 2.44. The number of benzene rings is 3. The summed E-state index contributed by atoms with van der Waals surface area (Å²) in [6.07, 6.45) is 2.91. The summed E-state index contributed by atoms with van der Waals surface area (Å²) in [6.45, 7) is -0.372. The van der Waals surface area contributed by atoms with E-state index in [0.29, 0.717) is 18.4 Å². The Balaban J connectivity index is 1.40. The number of amides is 1. The molecule has 4 nitrogen and oxygen atoms in total. The van der Waals surface area contributed by atoms with Gasteiger partial charge in [-0.05, 0) is 54.8 Å². The molecule has 1 amide bonds. The molecule has 32 heavy (non-hydrogen) atoms. The number of halogens is 1. The van der Waals surface area contributed by atoms with Gasteiger partial charge in [0, 0.05) is 9.79 Å². The lowest BCUT2D eigenvalue weighted by Gasteiger charge is -2.31. The fraction of sp³-hybridized carbons (Fsp3) is 0.231. The van der Waals surface area contributed by atoms with Gasteiger partial charge in [-0.25, -0.2) is 4.39 Å². The first-order chi connectivity index (χ1) is 15.6. The normalized spacial score (nSPS) is 16.2. The van der Waals surface area contributed by atoms with Crippen LogP contribution >= 0.6 is 11.8 Å². The first-order valence-electron chi connectivity index (χ1n) is 10.7. The van der Waals surface area contributed by atoms with Crippen molar-refractivity contribution in [2.75, 3.05) is 11.5 Å². The predicted molar refractivity (Wildman–Crippen MR) is 122 cm³/mol. The molecule has 0 radical (unpaired) electrons. The monoisotopic (exact) mass is 447 g/mol. The van der Waals surface area contributed by atoms with E-state index < -0.39 is 11.4 Å². The lowest BCUT2D eigenvalue weighted by atomic mass is 9.79. The highest BCUT2D eigenvalue weighted by molar-refractivity contribution is 7.99. The van der Waals surface area contributed by atoms with Gasteiger partial charge in [0.05, 0.1) is 16.8 Å². The summed E-state index contributed by atoms with van der Waals surface area (Å²) in [7, 11) is 0. The SMILES string of the molecule is O=C(COC(=O)C1(c2cccc(F)c2)CCCC1)N1c2ccccc2Sc2ccccc21. The molecule has 0 spiro atoms. The first-order valence-corrected chi connectivity index (χ1v) is 11.5. The van der Waals surface area contributed by atoms with Crippen molar-refractivity contribution in [3.8, 4) is 0 Å². The lowest BCUT2D eigenvalue weighted by Crippen LogP contribution is -2.38. The van der Waals surface area contributed by atoms with E-state index in [2.05, 4.69) is 0 Å². The Kier molecular flexibility index (Phi) is 5.47. The second kappa shape index (κ2) is 8.43. The van der Waals surface area contributed by atoms with Crippen molar-refractivity contribution in [2.45, 2.75) is 40.9 Å². The zero-order chi connectivity index (χ0) is 22.1. The van der Waals surface area contributed by atoms with Crippen molar-refractivity contribution in [2.24, 2.45) is 0 Å². The third-order valence-corrected chi connectivity index (χ3v) is 7.36. The van der Waals surface area contributed by atoms with Crippen LogP contribution in [0.2, 0.25) is 0 Å². The van der Waals surface area contributed by atoms with Gasteiger partial charge in [0.25, 0.3) is 5.91 Å². The number of nitrogens with zero attached hydrogens (tertiary/aromatic N) is 1.